The summed E-state index contributed by atoms with van der Waals surface area (Å²) >= 11 is 0. The molecule has 0 aliphatic heterocycles. The fraction of sp³-hybridized carbons (Fsp3) is 0.714. The highest BCUT2D eigenvalue weighted by atomic mass is 14.0. The van der Waals surface area contributed by atoms with Gasteiger partial charge < -0.3 is 0 Å². The maximum atomic E-state index is 3.08. The normalized spacial score (nSPS) is 10.9. The van der Waals surface area contributed by atoms with E-state index in [1.54, 1.807) is 0 Å². The minimum absolute atomic E-state index is 1.24. The van der Waals surface area contributed by atoms with E-state index in [0.29, 0.717) is 0 Å². The zero-order valence-electron chi connectivity index (χ0n) is 14.2. The lowest BCUT2D eigenvalue weighted by atomic mass is 10.0. The van der Waals surface area contributed by atoms with Crippen LogP contribution in [0.15, 0.2) is 24.3 Å². The summed E-state index contributed by atoms with van der Waals surface area (Å²) in [5.74, 6) is 0. The van der Waals surface area contributed by atoms with Gasteiger partial charge in [0.2, 0.25) is 0 Å². The Morgan fingerprint density at radius 1 is 0.619 bits per heavy atom. The Morgan fingerprint density at radius 2 is 1.05 bits per heavy atom. The highest BCUT2D eigenvalue weighted by Crippen LogP contribution is 2.13. The molecular formula is C21H35. The van der Waals surface area contributed by atoms with E-state index < -0.39 is 0 Å². The summed E-state index contributed by atoms with van der Waals surface area (Å²) in [4.78, 5) is 0. The van der Waals surface area contributed by atoms with Crippen LogP contribution in [0.25, 0.3) is 0 Å². The van der Waals surface area contributed by atoms with E-state index >= 15 is 0 Å². The van der Waals surface area contributed by atoms with Crippen LogP contribution in [0.2, 0.25) is 0 Å². The van der Waals surface area contributed by atoms with E-state index in [4.69, 9.17) is 0 Å². The van der Waals surface area contributed by atoms with Gasteiger partial charge in [-0.3, -0.25) is 0 Å². The summed E-state index contributed by atoms with van der Waals surface area (Å²) in [7, 11) is 0. The van der Waals surface area contributed by atoms with Gasteiger partial charge in [0.05, 0.1) is 0 Å². The lowest BCUT2D eigenvalue weighted by Gasteiger charge is -2.03. The predicted molar refractivity (Wildman–Crippen MR) is 94.7 cm³/mol. The molecule has 0 spiro atoms. The molecule has 0 amide bonds. The fourth-order valence-corrected chi connectivity index (χ4v) is 2.93. The van der Waals surface area contributed by atoms with Crippen molar-refractivity contribution in [3.8, 4) is 0 Å². The molecule has 0 aliphatic carbocycles. The van der Waals surface area contributed by atoms with Crippen LogP contribution >= 0.6 is 0 Å². The van der Waals surface area contributed by atoms with Crippen LogP contribution in [-0.4, -0.2) is 0 Å². The third-order valence-electron chi connectivity index (χ3n) is 4.36. The lowest BCUT2D eigenvalue weighted by molar-refractivity contribution is 0.539. The number of benzene rings is 1. The number of unbranched alkanes of at least 4 members (excludes halogenated alkanes) is 12. The second kappa shape index (κ2) is 14.2. The Bertz CT molecular complexity index is 301. The van der Waals surface area contributed by atoms with Gasteiger partial charge >= 0.3 is 0 Å². The summed E-state index contributed by atoms with van der Waals surface area (Å²) in [5, 5.41) is 0. The highest BCUT2D eigenvalue weighted by molar-refractivity contribution is 5.13. The Kier molecular flexibility index (Phi) is 12.3. The average molecular weight is 288 g/mol. The number of hydrogen-bond donors (Lipinski definition) is 0. The van der Waals surface area contributed by atoms with Crippen LogP contribution in [0, 0.1) is 6.07 Å². The first-order valence-electron chi connectivity index (χ1n) is 9.38. The standard InChI is InChI=1S/C21H35/c1-2-3-4-5-6-7-8-9-10-11-12-13-15-18-21-19-16-14-17-20-21/h16-17,19-20H,2-13,15,18H2,1H3. The predicted octanol–water partition coefficient (Wildman–Crippen LogP) is 7.12. The van der Waals surface area contributed by atoms with Crippen LogP contribution in [0.4, 0.5) is 0 Å². The maximum Gasteiger partial charge on any atom is -0.0184 e. The Hall–Kier alpha value is -0.780. The van der Waals surface area contributed by atoms with Crippen molar-refractivity contribution in [2.75, 3.05) is 0 Å². The minimum Gasteiger partial charge on any atom is -0.0654 e. The molecule has 0 heteroatoms. The smallest absolute Gasteiger partial charge is 0.0184 e. The second-order valence-corrected chi connectivity index (χ2v) is 6.40. The van der Waals surface area contributed by atoms with Gasteiger partial charge in [0.1, 0.15) is 0 Å². The Labute approximate surface area is 133 Å². The van der Waals surface area contributed by atoms with Gasteiger partial charge in [-0.05, 0) is 24.5 Å². The van der Waals surface area contributed by atoms with Crippen molar-refractivity contribution >= 4 is 0 Å². The van der Waals surface area contributed by atoms with Crippen molar-refractivity contribution in [2.24, 2.45) is 0 Å². The molecule has 0 atom stereocenters. The second-order valence-electron chi connectivity index (χ2n) is 6.40. The van der Waals surface area contributed by atoms with Crippen molar-refractivity contribution in [1.29, 1.82) is 0 Å². The Morgan fingerprint density at radius 3 is 1.52 bits per heavy atom. The quantitative estimate of drug-likeness (QED) is 0.319. The van der Waals surface area contributed by atoms with Gasteiger partial charge in [-0.25, -0.2) is 0 Å². The molecule has 0 bridgehead atoms. The summed E-state index contributed by atoms with van der Waals surface area (Å²) in [6, 6.07) is 11.5. The van der Waals surface area contributed by atoms with Crippen LogP contribution in [0.3, 0.4) is 0 Å². The van der Waals surface area contributed by atoms with E-state index in [-0.39, 0.29) is 0 Å². The zero-order valence-corrected chi connectivity index (χ0v) is 14.2. The molecule has 21 heavy (non-hydrogen) atoms. The molecule has 0 N–H and O–H groups in total. The molecule has 0 nitrogen and oxygen atoms in total. The molecule has 1 rings (SSSR count). The first-order valence-corrected chi connectivity index (χ1v) is 9.38. The molecule has 0 aliphatic rings. The zero-order chi connectivity index (χ0) is 15.0. The van der Waals surface area contributed by atoms with Gasteiger partial charge in [0.25, 0.3) is 0 Å². The van der Waals surface area contributed by atoms with E-state index in [1.807, 2.05) is 12.1 Å². The van der Waals surface area contributed by atoms with Gasteiger partial charge in [0, 0.05) is 0 Å². The molecule has 1 aromatic carbocycles. The van der Waals surface area contributed by atoms with Crippen LogP contribution in [-0.2, 0) is 6.42 Å². The van der Waals surface area contributed by atoms with E-state index in [1.165, 1.54) is 95.5 Å². The largest absolute Gasteiger partial charge is 0.0654 e. The van der Waals surface area contributed by atoms with Crippen molar-refractivity contribution in [2.45, 2.75) is 96.8 Å². The Balaban J connectivity index is 1.75. The molecule has 0 saturated heterocycles. The van der Waals surface area contributed by atoms with Gasteiger partial charge in [-0.2, -0.15) is 0 Å². The molecule has 0 heterocycles. The van der Waals surface area contributed by atoms with Crippen LogP contribution in [0.1, 0.15) is 96.0 Å². The maximum absolute atomic E-state index is 3.08. The van der Waals surface area contributed by atoms with Crippen molar-refractivity contribution in [1.82, 2.24) is 0 Å². The molecule has 0 saturated carbocycles. The van der Waals surface area contributed by atoms with E-state index in [0.717, 1.165) is 0 Å². The summed E-state index contributed by atoms with van der Waals surface area (Å²) in [5.41, 5.74) is 1.47. The van der Waals surface area contributed by atoms with E-state index in [2.05, 4.69) is 25.1 Å². The van der Waals surface area contributed by atoms with Crippen molar-refractivity contribution in [3.05, 3.63) is 35.9 Å². The SMILES string of the molecule is CCCCCCCCCCCCCCCc1cc[c]cc1. The van der Waals surface area contributed by atoms with Gasteiger partial charge in [0.15, 0.2) is 0 Å². The van der Waals surface area contributed by atoms with Gasteiger partial charge in [-0.15, -0.1) is 0 Å². The monoisotopic (exact) mass is 287 g/mol. The average Bonchev–Trinajstić information content (AvgIpc) is 2.53. The summed E-state index contributed by atoms with van der Waals surface area (Å²) < 4.78 is 0. The molecular weight excluding hydrogens is 252 g/mol. The molecule has 1 radical (unpaired) electrons. The molecule has 0 fully saturated rings. The third kappa shape index (κ3) is 11.5. The molecule has 0 aromatic heterocycles. The minimum atomic E-state index is 1.24. The molecule has 1 aromatic rings. The molecule has 119 valence electrons. The number of hydrogen-bond acceptors (Lipinski definition) is 0. The fourth-order valence-electron chi connectivity index (χ4n) is 2.93. The lowest BCUT2D eigenvalue weighted by Crippen LogP contribution is -1.86. The van der Waals surface area contributed by atoms with Crippen LogP contribution in [0.5, 0.6) is 0 Å². The van der Waals surface area contributed by atoms with Gasteiger partial charge in [-0.1, -0.05) is 108 Å². The first kappa shape index (κ1) is 18.3. The number of rotatable bonds is 14. The van der Waals surface area contributed by atoms with E-state index in [9.17, 15) is 0 Å². The third-order valence-corrected chi connectivity index (χ3v) is 4.36. The molecule has 0 unspecified atom stereocenters. The number of aryl methyl sites for hydroxylation is 1. The van der Waals surface area contributed by atoms with Crippen LogP contribution < -0.4 is 0 Å². The first-order chi connectivity index (χ1) is 10.4. The van der Waals surface area contributed by atoms with Crippen molar-refractivity contribution in [3.63, 3.8) is 0 Å². The summed E-state index contributed by atoms with van der Waals surface area (Å²) in [6.07, 6.45) is 19.9. The highest BCUT2D eigenvalue weighted by Gasteiger charge is 1.95. The summed E-state index contributed by atoms with van der Waals surface area (Å²) in [6.45, 7) is 2.29. The van der Waals surface area contributed by atoms with Crippen molar-refractivity contribution < 1.29 is 0 Å². The topological polar surface area (TPSA) is 0 Å².